The van der Waals surface area contributed by atoms with Crippen LogP contribution in [0.5, 0.6) is 0 Å². The first-order chi connectivity index (χ1) is 8.49. The van der Waals surface area contributed by atoms with E-state index in [9.17, 15) is 4.79 Å². The van der Waals surface area contributed by atoms with E-state index < -0.39 is 0 Å². The number of carbonyl (C=O) groups excluding carboxylic acids is 1. The van der Waals surface area contributed by atoms with Crippen LogP contribution in [0.1, 0.15) is 79.7 Å². The van der Waals surface area contributed by atoms with E-state index in [1.54, 1.807) is 0 Å². The molecule has 194 valence electrons. The maximum Gasteiger partial charge on any atom is 0.227 e. The molecule has 0 saturated heterocycles. The first kappa shape index (κ1) is 70.2. The van der Waals surface area contributed by atoms with Crippen molar-refractivity contribution in [2.45, 2.75) is 79.7 Å². The SMILES string of the molecule is C.C.C.C.C.C.C.C.CCC(C)C(=O)NC[N+](C)(C)C[N+](C)(C)CN(C)C.[Cl-].[Cl-]. The fourth-order valence-electron chi connectivity index (χ4n) is 2.55. The molecular weight excluding hydrogens is 407 g/mol. The third kappa shape index (κ3) is 35.7. The molecule has 0 aromatic rings. The Kier molecular flexibility index (Phi) is 72.9. The van der Waals surface area contributed by atoms with E-state index in [0.717, 1.165) is 28.7 Å². The number of nitrogens with one attached hydrogen (secondary N) is 1. The van der Waals surface area contributed by atoms with Crippen LogP contribution in [-0.2, 0) is 4.79 Å². The molecule has 0 aliphatic carbocycles. The molecule has 1 N–H and O–H groups in total. The molecule has 0 aromatic heterocycles. The zero-order valence-corrected chi connectivity index (χ0v) is 16.4. The van der Waals surface area contributed by atoms with Crippen molar-refractivity contribution < 1.29 is 38.6 Å². The van der Waals surface area contributed by atoms with E-state index in [1.165, 1.54) is 0 Å². The van der Waals surface area contributed by atoms with Crippen LogP contribution in [0.2, 0.25) is 0 Å². The minimum atomic E-state index is 0. The Balaban J connectivity index is -0.0000000360. The number of amides is 1. The van der Waals surface area contributed by atoms with E-state index in [-0.39, 0.29) is 96.1 Å². The molecule has 0 rings (SSSR count). The lowest BCUT2D eigenvalue weighted by atomic mass is 10.1. The van der Waals surface area contributed by atoms with E-state index in [0.29, 0.717) is 6.67 Å². The van der Waals surface area contributed by atoms with Crippen molar-refractivity contribution in [2.75, 3.05) is 62.3 Å². The van der Waals surface area contributed by atoms with Crippen LogP contribution < -0.4 is 30.1 Å². The van der Waals surface area contributed by atoms with Gasteiger partial charge in [-0.1, -0.05) is 73.3 Å². The van der Waals surface area contributed by atoms with Crippen molar-refractivity contribution in [1.29, 1.82) is 0 Å². The summed E-state index contributed by atoms with van der Waals surface area (Å²) in [6.45, 7) is 6.65. The van der Waals surface area contributed by atoms with Gasteiger partial charge in [-0.25, -0.2) is 0 Å². The summed E-state index contributed by atoms with van der Waals surface area (Å²) >= 11 is 0. The van der Waals surface area contributed by atoms with Crippen LogP contribution in [0.3, 0.4) is 0 Å². The van der Waals surface area contributed by atoms with E-state index in [1.807, 2.05) is 13.8 Å². The number of rotatable bonds is 8. The summed E-state index contributed by atoms with van der Waals surface area (Å²) in [6.07, 6.45) is 0.890. The minimum absolute atomic E-state index is 0. The van der Waals surface area contributed by atoms with Gasteiger partial charge in [-0.3, -0.25) is 18.7 Å². The predicted molar refractivity (Wildman–Crippen MR) is 134 cm³/mol. The summed E-state index contributed by atoms with van der Waals surface area (Å²) in [5, 5.41) is 3.06. The van der Waals surface area contributed by atoms with Gasteiger partial charge in [0.05, 0.1) is 28.2 Å². The quantitative estimate of drug-likeness (QED) is 0.392. The maximum atomic E-state index is 11.8. The second-order valence-electron chi connectivity index (χ2n) is 7.24. The smallest absolute Gasteiger partial charge is 0.227 e. The van der Waals surface area contributed by atoms with Gasteiger partial charge in [0, 0.05) is 5.92 Å². The Morgan fingerprint density at radius 3 is 1.45 bits per heavy atom. The van der Waals surface area contributed by atoms with Gasteiger partial charge in [0.25, 0.3) is 0 Å². The van der Waals surface area contributed by atoms with Crippen LogP contribution in [0.15, 0.2) is 0 Å². The summed E-state index contributed by atoms with van der Waals surface area (Å²) in [7, 11) is 12.9. The first-order valence-electron chi connectivity index (χ1n) is 7.05. The van der Waals surface area contributed by atoms with Crippen molar-refractivity contribution in [3.63, 3.8) is 0 Å². The molecule has 1 unspecified atom stereocenters. The molecular formula is C22H66Cl2N4O. The number of carbonyl (C=O) groups is 1. The lowest BCUT2D eigenvalue weighted by Crippen LogP contribution is -3.00. The average Bonchev–Trinajstić information content (AvgIpc) is 2.21. The van der Waals surface area contributed by atoms with Gasteiger partial charge in [-0.2, -0.15) is 0 Å². The summed E-state index contributed by atoms with van der Waals surface area (Å²) in [5.41, 5.74) is 0. The molecule has 0 aliphatic heterocycles. The molecule has 0 heterocycles. The number of hydrogen-bond donors (Lipinski definition) is 1. The highest BCUT2D eigenvalue weighted by molar-refractivity contribution is 5.77. The summed E-state index contributed by atoms with van der Waals surface area (Å²) < 4.78 is 1.68. The highest BCUT2D eigenvalue weighted by Crippen LogP contribution is 2.07. The normalized spacial score (nSPS) is 9.55. The zero-order valence-electron chi connectivity index (χ0n) is 14.9. The molecule has 1 atom stereocenters. The first-order valence-corrected chi connectivity index (χ1v) is 7.05. The topological polar surface area (TPSA) is 32.3 Å². The van der Waals surface area contributed by atoms with E-state index >= 15 is 0 Å². The lowest BCUT2D eigenvalue weighted by molar-refractivity contribution is -1.07. The maximum absolute atomic E-state index is 11.8. The fourth-order valence-corrected chi connectivity index (χ4v) is 2.55. The molecule has 29 heavy (non-hydrogen) atoms. The fraction of sp³-hybridized carbons (Fsp3) is 0.955. The molecule has 0 fully saturated rings. The number of hydrogen-bond acceptors (Lipinski definition) is 2. The Morgan fingerprint density at radius 2 is 1.17 bits per heavy atom. The molecule has 1 amide bonds. The van der Waals surface area contributed by atoms with Crippen LogP contribution >= 0.6 is 0 Å². The molecule has 7 heteroatoms. The molecule has 0 bridgehead atoms. The van der Waals surface area contributed by atoms with Gasteiger partial charge in [0.2, 0.25) is 12.6 Å². The minimum Gasteiger partial charge on any atom is -1.00 e. The van der Waals surface area contributed by atoms with Crippen LogP contribution in [0.25, 0.3) is 0 Å². The van der Waals surface area contributed by atoms with Gasteiger partial charge in [-0.05, 0) is 20.5 Å². The summed E-state index contributed by atoms with van der Waals surface area (Å²) in [6, 6.07) is 0. The third-order valence-corrected chi connectivity index (χ3v) is 3.17. The largest absolute Gasteiger partial charge is 1.00 e. The average molecular weight is 474 g/mol. The van der Waals surface area contributed by atoms with Gasteiger partial charge in [0.1, 0.15) is 6.67 Å². The van der Waals surface area contributed by atoms with Crippen molar-refractivity contribution in [1.82, 2.24) is 10.2 Å². The van der Waals surface area contributed by atoms with E-state index in [4.69, 9.17) is 0 Å². The van der Waals surface area contributed by atoms with Crippen molar-refractivity contribution in [3.8, 4) is 0 Å². The molecule has 0 aliphatic rings. The predicted octanol–water partition coefficient (Wildman–Crippen LogP) is -0.168. The highest BCUT2D eigenvalue weighted by atomic mass is 35.5. The molecule has 0 saturated carbocycles. The van der Waals surface area contributed by atoms with Crippen molar-refractivity contribution in [2.24, 2.45) is 5.92 Å². The van der Waals surface area contributed by atoms with Gasteiger partial charge in [-0.15, -0.1) is 0 Å². The zero-order chi connectivity index (χ0) is 15.3. The van der Waals surface area contributed by atoms with Gasteiger partial charge >= 0.3 is 0 Å². The van der Waals surface area contributed by atoms with E-state index in [2.05, 4.69) is 52.5 Å². The van der Waals surface area contributed by atoms with Crippen LogP contribution in [-0.4, -0.2) is 82.1 Å². The second-order valence-corrected chi connectivity index (χ2v) is 7.24. The molecule has 5 nitrogen and oxygen atoms in total. The second kappa shape index (κ2) is 30.1. The third-order valence-electron chi connectivity index (χ3n) is 3.17. The van der Waals surface area contributed by atoms with Crippen LogP contribution in [0.4, 0.5) is 0 Å². The number of halogens is 2. The van der Waals surface area contributed by atoms with Crippen molar-refractivity contribution in [3.05, 3.63) is 0 Å². The Labute approximate surface area is 202 Å². The highest BCUT2D eigenvalue weighted by Gasteiger charge is 2.28. The molecule has 0 radical (unpaired) electrons. The molecule has 0 spiro atoms. The standard InChI is InChI=1S/C14H33N4O.8CH4.2ClH/c1-9-13(2)14(19)15-10-17(5,6)12-18(7,8)11-16(3)4;;;;;;;;;;/h13H,9-12H2,1-8H3;8*1H4;2*1H/q+1;;;;;;;;;;/p-1. The van der Waals surface area contributed by atoms with Crippen LogP contribution in [0, 0.1) is 5.92 Å². The van der Waals surface area contributed by atoms with Crippen molar-refractivity contribution >= 4 is 5.91 Å². The summed E-state index contributed by atoms with van der Waals surface area (Å²) in [4.78, 5) is 14.0. The van der Waals surface area contributed by atoms with Gasteiger partial charge < -0.3 is 30.1 Å². The Morgan fingerprint density at radius 1 is 0.828 bits per heavy atom. The Bertz CT molecular complexity index is 301. The molecule has 0 aromatic carbocycles. The number of quaternary nitrogens is 2. The van der Waals surface area contributed by atoms with Gasteiger partial charge in [0.15, 0.2) is 6.67 Å². The summed E-state index contributed by atoms with van der Waals surface area (Å²) in [5.74, 6) is 0.260. The lowest BCUT2D eigenvalue weighted by Gasteiger charge is -2.39. The Hall–Kier alpha value is -0.0700. The number of nitrogens with zero attached hydrogens (tertiary/aromatic N) is 3. The monoisotopic (exact) mass is 472 g/mol.